The van der Waals surface area contributed by atoms with Crippen LogP contribution in [-0.4, -0.2) is 45.5 Å². The number of halogens is 3. The molecule has 3 aliphatic heterocycles. The van der Waals surface area contributed by atoms with E-state index in [2.05, 4.69) is 0 Å². The number of carbonyl (C=O) groups excluding carboxylic acids is 3. The fourth-order valence-corrected chi connectivity index (χ4v) is 8.26. The number of hydrogen-bond donors (Lipinski definition) is 0. The summed E-state index contributed by atoms with van der Waals surface area (Å²) in [5, 5.41) is -0.437. The van der Waals surface area contributed by atoms with Gasteiger partial charge < -0.3 is 4.90 Å². The normalized spacial score (nSPS) is 23.6. The second kappa shape index (κ2) is 8.76. The summed E-state index contributed by atoms with van der Waals surface area (Å²) >= 11 is 2.01. The van der Waals surface area contributed by atoms with Crippen LogP contribution in [0.2, 0.25) is 0 Å². The number of hydrogen-bond acceptors (Lipinski definition) is 6. The Kier molecular flexibility index (Phi) is 6.10. The van der Waals surface area contributed by atoms with Gasteiger partial charge in [-0.3, -0.25) is 23.7 Å². The minimum absolute atomic E-state index is 0.133. The third-order valence-electron chi connectivity index (χ3n) is 7.14. The van der Waals surface area contributed by atoms with Gasteiger partial charge in [-0.05, 0) is 37.5 Å². The van der Waals surface area contributed by atoms with Gasteiger partial charge in [0, 0.05) is 23.4 Å². The molecule has 7 nitrogen and oxygen atoms in total. The highest BCUT2D eigenvalue weighted by molar-refractivity contribution is 8.00. The Bertz CT molecular complexity index is 1310. The number of fused-ring (bicyclic) bond motifs is 2. The number of amides is 3. The zero-order valence-corrected chi connectivity index (χ0v) is 21.3. The van der Waals surface area contributed by atoms with Crippen LogP contribution in [0.4, 0.5) is 18.9 Å². The number of thiazole rings is 1. The van der Waals surface area contributed by atoms with Crippen LogP contribution in [0.1, 0.15) is 43.6 Å². The average Bonchev–Trinajstić information content (AvgIpc) is 3.28. The molecule has 3 aliphatic rings. The topological polar surface area (TPSA) is 79.7 Å². The van der Waals surface area contributed by atoms with Gasteiger partial charge in [-0.15, -0.1) is 0 Å². The van der Waals surface area contributed by atoms with Gasteiger partial charge in [0.1, 0.15) is 11.8 Å². The maximum atomic E-state index is 13.5. The molecule has 4 heterocycles. The van der Waals surface area contributed by atoms with E-state index in [4.69, 9.17) is 0 Å². The number of carbonyl (C=O) groups is 3. The number of aromatic nitrogens is 1. The second-order valence-corrected chi connectivity index (χ2v) is 11.9. The van der Waals surface area contributed by atoms with Gasteiger partial charge in [-0.2, -0.15) is 13.2 Å². The maximum Gasteiger partial charge on any atom is 0.416 e. The van der Waals surface area contributed by atoms with E-state index in [0.29, 0.717) is 23.0 Å². The quantitative estimate of drug-likeness (QED) is 0.554. The lowest BCUT2D eigenvalue weighted by Gasteiger charge is -2.36. The van der Waals surface area contributed by atoms with Crippen LogP contribution in [0.25, 0.3) is 0 Å². The van der Waals surface area contributed by atoms with Crippen LogP contribution >= 0.6 is 23.1 Å². The molecule has 0 unspecified atom stereocenters. The maximum absolute atomic E-state index is 13.5. The summed E-state index contributed by atoms with van der Waals surface area (Å²) in [7, 11) is 0. The molecular weight excluding hydrogens is 515 g/mol. The standard InChI is InChI=1S/C24H24F3N3O4S2/c1-23(2)16-17(20(33)30(19(16)32)14-8-6-7-13(11-14)24(25,26)27)35-21-18(23)36-22(34)29(21)12-15(31)28-9-4-3-5-10-28/h6-8,11,16-17H,3-5,9-10,12H2,1-2H3/t16-,17+/m1/s1. The molecule has 3 amide bonds. The Hall–Kier alpha value is -2.60. The molecule has 192 valence electrons. The number of thioether (sulfide) groups is 1. The summed E-state index contributed by atoms with van der Waals surface area (Å²) in [6, 6.07) is 4.16. The molecule has 12 heteroatoms. The van der Waals surface area contributed by atoms with Crippen molar-refractivity contribution >= 4 is 46.5 Å². The highest BCUT2D eigenvalue weighted by Gasteiger charge is 2.59. The lowest BCUT2D eigenvalue weighted by Crippen LogP contribution is -2.42. The summed E-state index contributed by atoms with van der Waals surface area (Å²) < 4.78 is 41.2. The van der Waals surface area contributed by atoms with Crippen LogP contribution in [0, 0.1) is 5.92 Å². The van der Waals surface area contributed by atoms with Gasteiger partial charge in [0.2, 0.25) is 17.7 Å². The number of imide groups is 1. The molecule has 5 rings (SSSR count). The number of piperidine rings is 1. The van der Waals surface area contributed by atoms with E-state index in [1.165, 1.54) is 16.7 Å². The van der Waals surface area contributed by atoms with E-state index < -0.39 is 40.1 Å². The van der Waals surface area contributed by atoms with E-state index >= 15 is 0 Å². The molecular formula is C24H24F3N3O4S2. The van der Waals surface area contributed by atoms with Crippen molar-refractivity contribution in [2.45, 2.75) is 61.5 Å². The third kappa shape index (κ3) is 3.98. The first-order valence-electron chi connectivity index (χ1n) is 11.6. The van der Waals surface area contributed by atoms with Crippen molar-refractivity contribution < 1.29 is 27.6 Å². The van der Waals surface area contributed by atoms with Crippen LogP contribution in [0.15, 0.2) is 34.1 Å². The van der Waals surface area contributed by atoms with Crippen LogP contribution < -0.4 is 9.77 Å². The van der Waals surface area contributed by atoms with Crippen molar-refractivity contribution in [3.63, 3.8) is 0 Å². The minimum Gasteiger partial charge on any atom is -0.341 e. The van der Waals surface area contributed by atoms with Gasteiger partial charge in [-0.1, -0.05) is 43.0 Å². The van der Waals surface area contributed by atoms with Crippen LogP contribution in [0.3, 0.4) is 0 Å². The number of alkyl halides is 3. The molecule has 2 atom stereocenters. The van der Waals surface area contributed by atoms with Gasteiger partial charge in [0.25, 0.3) is 0 Å². The van der Waals surface area contributed by atoms with E-state index in [-0.39, 0.29) is 23.0 Å². The smallest absolute Gasteiger partial charge is 0.341 e. The van der Waals surface area contributed by atoms with E-state index in [9.17, 15) is 32.3 Å². The van der Waals surface area contributed by atoms with Crippen molar-refractivity contribution in [3.05, 3.63) is 44.4 Å². The van der Waals surface area contributed by atoms with E-state index in [1.54, 1.807) is 18.7 Å². The predicted octanol–water partition coefficient (Wildman–Crippen LogP) is 3.88. The Labute approximate surface area is 213 Å². The molecule has 1 aromatic heterocycles. The van der Waals surface area contributed by atoms with E-state index in [0.717, 1.165) is 59.4 Å². The largest absolute Gasteiger partial charge is 0.416 e. The Morgan fingerprint density at radius 3 is 2.44 bits per heavy atom. The fourth-order valence-electron chi connectivity index (χ4n) is 5.22. The zero-order chi connectivity index (χ0) is 26.0. The van der Waals surface area contributed by atoms with Gasteiger partial charge >= 0.3 is 11.0 Å². The molecule has 0 saturated carbocycles. The monoisotopic (exact) mass is 539 g/mol. The minimum atomic E-state index is -4.62. The number of rotatable bonds is 3. The van der Waals surface area contributed by atoms with Crippen molar-refractivity contribution in [1.29, 1.82) is 0 Å². The van der Waals surface area contributed by atoms with Crippen molar-refractivity contribution in [3.8, 4) is 0 Å². The molecule has 1 aromatic carbocycles. The average molecular weight is 540 g/mol. The zero-order valence-electron chi connectivity index (χ0n) is 19.6. The number of benzene rings is 1. The van der Waals surface area contributed by atoms with Crippen molar-refractivity contribution in [2.75, 3.05) is 18.0 Å². The fraction of sp³-hybridized carbons (Fsp3) is 0.500. The lowest BCUT2D eigenvalue weighted by atomic mass is 9.76. The number of likely N-dealkylation sites (tertiary alicyclic amines) is 1. The molecule has 2 saturated heterocycles. The highest BCUT2D eigenvalue weighted by atomic mass is 32.2. The highest BCUT2D eigenvalue weighted by Crippen LogP contribution is 2.54. The Morgan fingerprint density at radius 2 is 1.78 bits per heavy atom. The summed E-state index contributed by atoms with van der Waals surface area (Å²) in [5.74, 6) is -2.25. The first kappa shape index (κ1) is 25.1. The summed E-state index contributed by atoms with van der Waals surface area (Å²) in [5.41, 5.74) is -2.02. The lowest BCUT2D eigenvalue weighted by molar-refractivity contribution is -0.137. The molecule has 0 spiro atoms. The van der Waals surface area contributed by atoms with Crippen molar-refractivity contribution in [1.82, 2.24) is 9.47 Å². The van der Waals surface area contributed by atoms with Gasteiger partial charge in [0.15, 0.2) is 0 Å². The first-order valence-corrected chi connectivity index (χ1v) is 13.3. The summed E-state index contributed by atoms with van der Waals surface area (Å²) in [6.45, 7) is 4.66. The Morgan fingerprint density at radius 1 is 1.08 bits per heavy atom. The molecule has 0 bridgehead atoms. The number of anilines is 1. The van der Waals surface area contributed by atoms with Crippen molar-refractivity contribution in [2.24, 2.45) is 5.92 Å². The SMILES string of the molecule is CC1(C)c2sc(=O)n(CC(=O)N3CCCCC3)c2S[C@@H]2C(=O)N(c3cccc(C(F)(F)F)c3)C(=O)[C@@H]21. The molecule has 0 N–H and O–H groups in total. The molecule has 2 fully saturated rings. The molecule has 0 radical (unpaired) electrons. The second-order valence-electron chi connectivity index (χ2n) is 9.83. The van der Waals surface area contributed by atoms with Gasteiger partial charge in [-0.25, -0.2) is 4.90 Å². The van der Waals surface area contributed by atoms with Gasteiger partial charge in [0.05, 0.1) is 22.2 Å². The van der Waals surface area contributed by atoms with Crippen LogP contribution in [0.5, 0.6) is 0 Å². The molecule has 36 heavy (non-hydrogen) atoms. The summed E-state index contributed by atoms with van der Waals surface area (Å²) in [4.78, 5) is 55.6. The summed E-state index contributed by atoms with van der Waals surface area (Å²) in [6.07, 6.45) is -1.74. The molecule has 2 aromatic rings. The number of nitrogens with zero attached hydrogens (tertiary/aromatic N) is 3. The molecule has 0 aliphatic carbocycles. The van der Waals surface area contributed by atoms with Crippen LogP contribution in [-0.2, 0) is 32.5 Å². The Balaban J connectivity index is 1.49. The predicted molar refractivity (Wildman–Crippen MR) is 129 cm³/mol. The van der Waals surface area contributed by atoms with E-state index in [1.807, 2.05) is 0 Å². The third-order valence-corrected chi connectivity index (χ3v) is 9.96. The first-order chi connectivity index (χ1) is 16.9.